The average Bonchev–Trinajstić information content (AvgIpc) is 2.45. The summed E-state index contributed by atoms with van der Waals surface area (Å²) in [6, 6.07) is 0. The maximum absolute atomic E-state index is 13.4. The Bertz CT molecular complexity index is 547. The molecule has 1 fully saturated rings. The number of carbonyl (C=O) groups is 1. The molecular weight excluding hydrogens is 306 g/mol. The van der Waals surface area contributed by atoms with Gasteiger partial charge in [-0.25, -0.2) is 0 Å². The minimum Gasteiger partial charge on any atom is -0.290 e. The third-order valence-electron chi connectivity index (χ3n) is 5.91. The molecule has 0 N–H and O–H groups in total. The van der Waals surface area contributed by atoms with Crippen LogP contribution in [0.15, 0.2) is 23.3 Å². The van der Waals surface area contributed by atoms with Crippen LogP contribution < -0.4 is 0 Å². The van der Waals surface area contributed by atoms with Crippen molar-refractivity contribution in [3.8, 4) is 0 Å². The average molecular weight is 346 g/mol. The monoisotopic (exact) mass is 345 g/mol. The first-order valence-electron chi connectivity index (χ1n) is 9.96. The van der Waals surface area contributed by atoms with Gasteiger partial charge in [-0.1, -0.05) is 80.9 Å². The number of ketones is 1. The molecule has 0 amide bonds. The number of Topliss-reactive ketones (excluding diaryl/α,β-unsaturated/α-hetero) is 1. The zero-order valence-corrected chi connectivity index (χ0v) is 18.0. The fraction of sp³-hybridized carbons (Fsp3) is 0.783. The molecule has 0 aromatic carbocycles. The standard InChI is InChI=1S/C23H39NO/c1-20(2,3)17-15-23(22(7,8)9,24-13-11-10-12-14-24)16-18(19(17)25)21(4,5)6/h15-16H,10-14H2,1-9H3. The molecule has 2 heteroatoms. The van der Waals surface area contributed by atoms with E-state index in [9.17, 15) is 4.79 Å². The summed E-state index contributed by atoms with van der Waals surface area (Å²) in [4.78, 5) is 16.0. The second-order valence-corrected chi connectivity index (χ2v) is 11.1. The molecule has 0 unspecified atom stereocenters. The summed E-state index contributed by atoms with van der Waals surface area (Å²) >= 11 is 0. The second-order valence-electron chi connectivity index (χ2n) is 11.1. The summed E-state index contributed by atoms with van der Waals surface area (Å²) in [5.41, 5.74) is 1.52. The number of likely N-dealkylation sites (tertiary alicyclic amines) is 1. The molecule has 142 valence electrons. The molecule has 2 nitrogen and oxygen atoms in total. The highest BCUT2D eigenvalue weighted by Crippen LogP contribution is 2.48. The molecule has 25 heavy (non-hydrogen) atoms. The first kappa shape index (κ1) is 20.4. The van der Waals surface area contributed by atoms with Gasteiger partial charge in [0.05, 0.1) is 5.54 Å². The van der Waals surface area contributed by atoms with Crippen molar-refractivity contribution in [3.05, 3.63) is 23.3 Å². The van der Waals surface area contributed by atoms with Crippen LogP contribution in [0.5, 0.6) is 0 Å². The second kappa shape index (κ2) is 6.37. The molecule has 0 aromatic rings. The maximum Gasteiger partial charge on any atom is 0.185 e. The third kappa shape index (κ3) is 3.79. The van der Waals surface area contributed by atoms with Crippen molar-refractivity contribution in [1.82, 2.24) is 4.90 Å². The van der Waals surface area contributed by atoms with E-state index in [0.717, 1.165) is 24.2 Å². The summed E-state index contributed by atoms with van der Waals surface area (Å²) in [7, 11) is 0. The van der Waals surface area contributed by atoms with Crippen LogP contribution in [0.25, 0.3) is 0 Å². The Hall–Kier alpha value is -0.890. The Morgan fingerprint density at radius 3 is 1.48 bits per heavy atom. The number of piperidine rings is 1. The predicted molar refractivity (Wildman–Crippen MR) is 108 cm³/mol. The van der Waals surface area contributed by atoms with Crippen LogP contribution in [0.3, 0.4) is 0 Å². The molecule has 0 atom stereocenters. The molecule has 1 aliphatic carbocycles. The molecular formula is C23H39NO. The largest absolute Gasteiger partial charge is 0.290 e. The van der Waals surface area contributed by atoms with Crippen LogP contribution in [-0.2, 0) is 4.79 Å². The Morgan fingerprint density at radius 2 is 1.16 bits per heavy atom. The number of hydrogen-bond donors (Lipinski definition) is 0. The van der Waals surface area contributed by atoms with Gasteiger partial charge in [-0.3, -0.25) is 9.69 Å². The fourth-order valence-electron chi connectivity index (χ4n) is 4.23. The fourth-order valence-corrected chi connectivity index (χ4v) is 4.23. The van der Waals surface area contributed by atoms with Gasteiger partial charge in [0.25, 0.3) is 0 Å². The van der Waals surface area contributed by atoms with Gasteiger partial charge >= 0.3 is 0 Å². The Kier molecular flexibility index (Phi) is 5.20. The van der Waals surface area contributed by atoms with Crippen molar-refractivity contribution in [2.75, 3.05) is 13.1 Å². The van der Waals surface area contributed by atoms with Crippen LogP contribution >= 0.6 is 0 Å². The van der Waals surface area contributed by atoms with Gasteiger partial charge in [0, 0.05) is 11.1 Å². The minimum absolute atomic E-state index is 0.0258. The molecule has 2 rings (SSSR count). The highest BCUT2D eigenvalue weighted by Gasteiger charge is 2.49. The van der Waals surface area contributed by atoms with Crippen molar-refractivity contribution < 1.29 is 4.79 Å². The topological polar surface area (TPSA) is 20.3 Å². The van der Waals surface area contributed by atoms with Crippen molar-refractivity contribution in [1.29, 1.82) is 0 Å². The molecule has 0 aromatic heterocycles. The summed E-state index contributed by atoms with van der Waals surface area (Å²) < 4.78 is 0. The third-order valence-corrected chi connectivity index (χ3v) is 5.91. The highest BCUT2D eigenvalue weighted by atomic mass is 16.1. The van der Waals surface area contributed by atoms with Gasteiger partial charge in [0.1, 0.15) is 0 Å². The summed E-state index contributed by atoms with van der Waals surface area (Å²) in [5.74, 6) is 0.247. The Labute approximate surface area is 155 Å². The quantitative estimate of drug-likeness (QED) is 0.600. The van der Waals surface area contributed by atoms with Crippen molar-refractivity contribution in [2.24, 2.45) is 16.2 Å². The zero-order valence-electron chi connectivity index (χ0n) is 18.0. The number of allylic oxidation sites excluding steroid dienone is 2. The van der Waals surface area contributed by atoms with Crippen molar-refractivity contribution in [3.63, 3.8) is 0 Å². The lowest BCUT2D eigenvalue weighted by atomic mass is 9.62. The molecule has 0 saturated carbocycles. The van der Waals surface area contributed by atoms with E-state index < -0.39 is 0 Å². The van der Waals surface area contributed by atoms with E-state index in [0.29, 0.717) is 0 Å². The predicted octanol–water partition coefficient (Wildman–Crippen LogP) is 5.78. The van der Waals surface area contributed by atoms with E-state index in [1.165, 1.54) is 19.3 Å². The molecule has 0 bridgehead atoms. The van der Waals surface area contributed by atoms with Crippen LogP contribution in [0.1, 0.15) is 81.6 Å². The van der Waals surface area contributed by atoms with Crippen LogP contribution in [0.2, 0.25) is 0 Å². The molecule has 1 heterocycles. The van der Waals surface area contributed by atoms with E-state index in [-0.39, 0.29) is 27.6 Å². The first-order valence-corrected chi connectivity index (χ1v) is 9.96. The Balaban J connectivity index is 2.75. The van der Waals surface area contributed by atoms with Crippen molar-refractivity contribution >= 4 is 5.78 Å². The smallest absolute Gasteiger partial charge is 0.185 e. The minimum atomic E-state index is -0.188. The zero-order chi connectivity index (χ0) is 19.3. The van der Waals surface area contributed by atoms with Crippen LogP contribution in [0, 0.1) is 16.2 Å². The maximum atomic E-state index is 13.4. The van der Waals surface area contributed by atoms with E-state index in [1.54, 1.807) is 0 Å². The number of carbonyl (C=O) groups excluding carboxylic acids is 1. The number of rotatable bonds is 1. The van der Waals surface area contributed by atoms with Crippen LogP contribution in [-0.4, -0.2) is 29.3 Å². The van der Waals surface area contributed by atoms with Gasteiger partial charge in [0.15, 0.2) is 5.78 Å². The highest BCUT2D eigenvalue weighted by molar-refractivity contribution is 6.11. The van der Waals surface area contributed by atoms with Gasteiger partial charge in [-0.05, 0) is 42.2 Å². The van der Waals surface area contributed by atoms with E-state index >= 15 is 0 Å². The lowest BCUT2D eigenvalue weighted by Gasteiger charge is -2.53. The lowest BCUT2D eigenvalue weighted by Crippen LogP contribution is -2.58. The van der Waals surface area contributed by atoms with Crippen LogP contribution in [0.4, 0.5) is 0 Å². The van der Waals surface area contributed by atoms with Gasteiger partial charge < -0.3 is 0 Å². The summed E-state index contributed by atoms with van der Waals surface area (Å²) in [5, 5.41) is 0. The van der Waals surface area contributed by atoms with E-state index in [1.807, 2.05) is 0 Å². The van der Waals surface area contributed by atoms with Crippen molar-refractivity contribution in [2.45, 2.75) is 87.1 Å². The lowest BCUT2D eigenvalue weighted by molar-refractivity contribution is -0.114. The van der Waals surface area contributed by atoms with Gasteiger partial charge in [-0.15, -0.1) is 0 Å². The normalized spacial score (nSPS) is 23.3. The van der Waals surface area contributed by atoms with E-state index in [2.05, 4.69) is 79.4 Å². The van der Waals surface area contributed by atoms with E-state index in [4.69, 9.17) is 0 Å². The Morgan fingerprint density at radius 1 is 0.760 bits per heavy atom. The first-order chi connectivity index (χ1) is 11.2. The molecule has 2 aliphatic rings. The number of nitrogens with zero attached hydrogens (tertiary/aromatic N) is 1. The molecule has 0 radical (unpaired) electrons. The summed E-state index contributed by atoms with van der Waals surface area (Å²) in [6.07, 6.45) is 8.49. The summed E-state index contributed by atoms with van der Waals surface area (Å²) in [6.45, 7) is 22.2. The SMILES string of the molecule is CC(C)(C)C1=CC(N2CCCCC2)(C(C)(C)C)C=C(C(C)(C)C)C1=O. The van der Waals surface area contributed by atoms with Gasteiger partial charge in [0.2, 0.25) is 0 Å². The molecule has 1 saturated heterocycles. The number of hydrogen-bond acceptors (Lipinski definition) is 2. The molecule has 1 aliphatic heterocycles. The molecule has 0 spiro atoms. The van der Waals surface area contributed by atoms with Gasteiger partial charge in [-0.2, -0.15) is 0 Å².